The van der Waals surface area contributed by atoms with Crippen LogP contribution in [0.1, 0.15) is 29.9 Å². The highest BCUT2D eigenvalue weighted by Crippen LogP contribution is 2.29. The molecule has 0 amide bonds. The van der Waals surface area contributed by atoms with Crippen molar-refractivity contribution < 1.29 is 0 Å². The van der Waals surface area contributed by atoms with Crippen molar-refractivity contribution in [2.75, 3.05) is 5.32 Å². The maximum absolute atomic E-state index is 4.59. The third kappa shape index (κ3) is 2.14. The zero-order chi connectivity index (χ0) is 14.2. The van der Waals surface area contributed by atoms with Crippen molar-refractivity contribution >= 4 is 22.5 Å². The molecule has 21 heavy (non-hydrogen) atoms. The minimum absolute atomic E-state index is 0.818. The summed E-state index contributed by atoms with van der Waals surface area (Å²) in [5, 5.41) is 11.9. The average molecular weight is 279 g/mol. The minimum Gasteiger partial charge on any atom is -0.323 e. The van der Waals surface area contributed by atoms with E-state index in [4.69, 9.17) is 0 Å². The molecule has 0 atom stereocenters. The molecule has 4 rings (SSSR count). The van der Waals surface area contributed by atoms with E-state index in [2.05, 4.69) is 31.5 Å². The van der Waals surface area contributed by atoms with E-state index in [1.807, 2.05) is 25.1 Å². The number of aromatic nitrogens is 4. The molecule has 106 valence electrons. The van der Waals surface area contributed by atoms with Crippen molar-refractivity contribution in [1.29, 1.82) is 0 Å². The number of aromatic amines is 1. The molecule has 2 N–H and O–H groups in total. The van der Waals surface area contributed by atoms with E-state index in [1.165, 1.54) is 24.1 Å². The van der Waals surface area contributed by atoms with Crippen LogP contribution >= 0.6 is 0 Å². The zero-order valence-electron chi connectivity index (χ0n) is 12.0. The Balaban J connectivity index is 1.79. The Morgan fingerprint density at radius 2 is 1.90 bits per heavy atom. The summed E-state index contributed by atoms with van der Waals surface area (Å²) in [5.74, 6) is 2.56. The van der Waals surface area contributed by atoms with Gasteiger partial charge in [0.05, 0.1) is 5.52 Å². The summed E-state index contributed by atoms with van der Waals surface area (Å²) >= 11 is 0. The molecule has 0 saturated heterocycles. The Bertz CT molecular complexity index is 806. The third-order valence-corrected chi connectivity index (χ3v) is 4.00. The van der Waals surface area contributed by atoms with Gasteiger partial charge in [0, 0.05) is 16.6 Å². The normalized spacial score (nSPS) is 14.1. The molecule has 5 heteroatoms. The SMILES string of the molecule is Cc1nc2c(c(Nc3n[nH]c4ccccc34)n1)CCCC2. The molecule has 5 nitrogen and oxygen atoms in total. The monoisotopic (exact) mass is 279 g/mol. The number of fused-ring (bicyclic) bond motifs is 2. The van der Waals surface area contributed by atoms with E-state index in [1.54, 1.807) is 0 Å². The van der Waals surface area contributed by atoms with Gasteiger partial charge in [0.2, 0.25) is 0 Å². The topological polar surface area (TPSA) is 66.5 Å². The van der Waals surface area contributed by atoms with Crippen LogP contribution in [0.3, 0.4) is 0 Å². The predicted octanol–water partition coefficient (Wildman–Crippen LogP) is 3.28. The van der Waals surface area contributed by atoms with Crippen LogP contribution in [-0.2, 0) is 12.8 Å². The van der Waals surface area contributed by atoms with Gasteiger partial charge in [-0.2, -0.15) is 5.10 Å². The van der Waals surface area contributed by atoms with Crippen LogP contribution in [0.15, 0.2) is 24.3 Å². The van der Waals surface area contributed by atoms with Gasteiger partial charge in [-0.05, 0) is 44.7 Å². The zero-order valence-corrected chi connectivity index (χ0v) is 12.0. The number of rotatable bonds is 2. The lowest BCUT2D eigenvalue weighted by Gasteiger charge is -2.18. The van der Waals surface area contributed by atoms with E-state index in [0.717, 1.165) is 41.2 Å². The quantitative estimate of drug-likeness (QED) is 0.755. The lowest BCUT2D eigenvalue weighted by molar-refractivity contribution is 0.660. The standard InChI is InChI=1S/C16H17N5/c1-10-17-13-8-4-2-6-11(13)15(18-10)19-16-12-7-3-5-9-14(12)20-21-16/h3,5,7,9H,2,4,6,8H2,1H3,(H2,17,18,19,20,21). The Labute approximate surface area is 122 Å². The lowest BCUT2D eigenvalue weighted by atomic mass is 9.96. The van der Waals surface area contributed by atoms with Gasteiger partial charge in [-0.1, -0.05) is 12.1 Å². The van der Waals surface area contributed by atoms with Crippen LogP contribution in [0, 0.1) is 6.92 Å². The first-order valence-corrected chi connectivity index (χ1v) is 7.38. The van der Waals surface area contributed by atoms with Crippen LogP contribution < -0.4 is 5.32 Å². The number of nitrogens with zero attached hydrogens (tertiary/aromatic N) is 3. The first-order chi connectivity index (χ1) is 10.3. The minimum atomic E-state index is 0.818. The molecule has 0 bridgehead atoms. The van der Waals surface area contributed by atoms with E-state index >= 15 is 0 Å². The fourth-order valence-electron chi connectivity index (χ4n) is 2.99. The number of para-hydroxylation sites is 1. The van der Waals surface area contributed by atoms with Crippen LogP contribution in [0.2, 0.25) is 0 Å². The van der Waals surface area contributed by atoms with Gasteiger partial charge >= 0.3 is 0 Å². The average Bonchev–Trinajstić information content (AvgIpc) is 2.90. The number of nitrogens with one attached hydrogen (secondary N) is 2. The van der Waals surface area contributed by atoms with Crippen molar-refractivity contribution in [2.24, 2.45) is 0 Å². The molecule has 2 aromatic heterocycles. The molecular weight excluding hydrogens is 262 g/mol. The summed E-state index contributed by atoms with van der Waals surface area (Å²) in [6.45, 7) is 1.95. The Hall–Kier alpha value is -2.43. The molecule has 0 saturated carbocycles. The fraction of sp³-hybridized carbons (Fsp3) is 0.312. The number of H-pyrrole nitrogens is 1. The van der Waals surface area contributed by atoms with Gasteiger partial charge < -0.3 is 5.32 Å². The van der Waals surface area contributed by atoms with E-state index < -0.39 is 0 Å². The largest absolute Gasteiger partial charge is 0.323 e. The van der Waals surface area contributed by atoms with Gasteiger partial charge in [0.15, 0.2) is 5.82 Å². The first-order valence-electron chi connectivity index (χ1n) is 7.38. The highest BCUT2D eigenvalue weighted by molar-refractivity contribution is 5.91. The molecule has 3 aromatic rings. The first kappa shape index (κ1) is 12.3. The second-order valence-corrected chi connectivity index (χ2v) is 5.49. The third-order valence-electron chi connectivity index (χ3n) is 4.00. The number of benzene rings is 1. The van der Waals surface area contributed by atoms with Crippen molar-refractivity contribution in [2.45, 2.75) is 32.6 Å². The molecule has 1 aromatic carbocycles. The summed E-state index contributed by atoms with van der Waals surface area (Å²) < 4.78 is 0. The van der Waals surface area contributed by atoms with Crippen molar-refractivity contribution in [1.82, 2.24) is 20.2 Å². The second kappa shape index (κ2) is 4.84. The Morgan fingerprint density at radius 1 is 1.05 bits per heavy atom. The fourth-order valence-corrected chi connectivity index (χ4v) is 2.99. The maximum atomic E-state index is 4.59. The number of anilines is 2. The van der Waals surface area contributed by atoms with Gasteiger partial charge in [-0.3, -0.25) is 5.10 Å². The summed E-state index contributed by atoms with van der Waals surface area (Å²) in [6.07, 6.45) is 4.51. The number of hydrogen-bond donors (Lipinski definition) is 2. The molecular formula is C16H17N5. The summed E-state index contributed by atoms with van der Waals surface area (Å²) in [4.78, 5) is 9.18. The van der Waals surface area contributed by atoms with Crippen LogP contribution in [0.5, 0.6) is 0 Å². The molecule has 2 heterocycles. The van der Waals surface area contributed by atoms with E-state index in [-0.39, 0.29) is 0 Å². The van der Waals surface area contributed by atoms with Crippen LogP contribution in [-0.4, -0.2) is 20.2 Å². The highest BCUT2D eigenvalue weighted by Gasteiger charge is 2.18. The molecule has 0 radical (unpaired) electrons. The molecule has 0 unspecified atom stereocenters. The molecule has 0 spiro atoms. The summed E-state index contributed by atoms with van der Waals surface area (Å²) in [7, 11) is 0. The maximum Gasteiger partial charge on any atom is 0.161 e. The van der Waals surface area contributed by atoms with Crippen molar-refractivity contribution in [3.63, 3.8) is 0 Å². The summed E-state index contributed by atoms with van der Waals surface area (Å²) in [6, 6.07) is 8.10. The second-order valence-electron chi connectivity index (χ2n) is 5.49. The van der Waals surface area contributed by atoms with Crippen LogP contribution in [0.4, 0.5) is 11.6 Å². The molecule has 1 aliphatic carbocycles. The van der Waals surface area contributed by atoms with Crippen LogP contribution in [0.25, 0.3) is 10.9 Å². The van der Waals surface area contributed by atoms with Crippen molar-refractivity contribution in [3.8, 4) is 0 Å². The molecule has 1 aliphatic rings. The van der Waals surface area contributed by atoms with Gasteiger partial charge in [0.1, 0.15) is 11.6 Å². The van der Waals surface area contributed by atoms with Gasteiger partial charge in [-0.25, -0.2) is 9.97 Å². The highest BCUT2D eigenvalue weighted by atomic mass is 15.2. The van der Waals surface area contributed by atoms with E-state index in [9.17, 15) is 0 Å². The predicted molar refractivity (Wildman–Crippen MR) is 82.8 cm³/mol. The van der Waals surface area contributed by atoms with E-state index in [0.29, 0.717) is 0 Å². The smallest absolute Gasteiger partial charge is 0.161 e. The van der Waals surface area contributed by atoms with Crippen molar-refractivity contribution in [3.05, 3.63) is 41.3 Å². The molecule has 0 fully saturated rings. The lowest BCUT2D eigenvalue weighted by Crippen LogP contribution is -2.12. The summed E-state index contributed by atoms with van der Waals surface area (Å²) in [5.41, 5.74) is 3.47. The Morgan fingerprint density at radius 3 is 2.86 bits per heavy atom. The number of hydrogen-bond acceptors (Lipinski definition) is 4. The molecule has 0 aliphatic heterocycles. The number of aryl methyl sites for hydroxylation is 2. The Kier molecular flexibility index (Phi) is 2.84. The van der Waals surface area contributed by atoms with Gasteiger partial charge in [-0.15, -0.1) is 0 Å². The van der Waals surface area contributed by atoms with Gasteiger partial charge in [0.25, 0.3) is 0 Å².